The maximum atomic E-state index is 12.1. The van der Waals surface area contributed by atoms with Crippen LogP contribution in [0, 0.1) is 10.1 Å². The summed E-state index contributed by atoms with van der Waals surface area (Å²) in [7, 11) is 0. The van der Waals surface area contributed by atoms with Crippen molar-refractivity contribution in [3.63, 3.8) is 0 Å². The van der Waals surface area contributed by atoms with Crippen molar-refractivity contribution < 1.29 is 14.1 Å². The van der Waals surface area contributed by atoms with Crippen molar-refractivity contribution in [3.05, 3.63) is 37.1 Å². The van der Waals surface area contributed by atoms with E-state index < -0.39 is 4.92 Å². The molecule has 0 unspecified atom stereocenters. The number of thioether (sulfide) groups is 1. The van der Waals surface area contributed by atoms with Gasteiger partial charge in [-0.2, -0.15) is 0 Å². The van der Waals surface area contributed by atoms with Gasteiger partial charge in [0.25, 0.3) is 10.9 Å². The lowest BCUT2D eigenvalue weighted by Crippen LogP contribution is -2.15. The summed E-state index contributed by atoms with van der Waals surface area (Å²) in [5.74, 6) is 0.244. The third kappa shape index (κ3) is 5.25. The van der Waals surface area contributed by atoms with E-state index in [0.29, 0.717) is 25.7 Å². The predicted molar refractivity (Wildman–Crippen MR) is 101 cm³/mol. The number of hydrogen-bond donors (Lipinski definition) is 1. The van der Waals surface area contributed by atoms with Crippen LogP contribution in [-0.4, -0.2) is 26.8 Å². The highest BCUT2D eigenvalue weighted by Crippen LogP contribution is 2.35. The van der Waals surface area contributed by atoms with Gasteiger partial charge in [0.1, 0.15) is 0 Å². The van der Waals surface area contributed by atoms with Crippen LogP contribution in [0.2, 0.25) is 0 Å². The van der Waals surface area contributed by atoms with Gasteiger partial charge in [-0.25, -0.2) is 0 Å². The quantitative estimate of drug-likeness (QED) is 0.370. The van der Waals surface area contributed by atoms with Crippen molar-refractivity contribution in [2.75, 3.05) is 11.1 Å². The molecule has 2 rings (SSSR count). The van der Waals surface area contributed by atoms with E-state index in [0.717, 1.165) is 11.8 Å². The van der Waals surface area contributed by atoms with Crippen LogP contribution >= 0.6 is 43.6 Å². The van der Waals surface area contributed by atoms with Gasteiger partial charge in [0.2, 0.25) is 11.8 Å². The molecule has 8 nitrogen and oxygen atoms in total. The van der Waals surface area contributed by atoms with E-state index in [9.17, 15) is 14.9 Å². The van der Waals surface area contributed by atoms with Gasteiger partial charge in [0.05, 0.1) is 16.4 Å². The highest BCUT2D eigenvalue weighted by Gasteiger charge is 2.22. The third-order valence-electron chi connectivity index (χ3n) is 2.88. The van der Waals surface area contributed by atoms with E-state index >= 15 is 0 Å². The maximum absolute atomic E-state index is 12.1. The van der Waals surface area contributed by atoms with Crippen LogP contribution in [0.25, 0.3) is 0 Å². The second-order valence-electron chi connectivity index (χ2n) is 6.00. The largest absolute Gasteiger partial charge is 0.415 e. The first-order valence-corrected chi connectivity index (χ1v) is 9.55. The molecule has 0 aliphatic rings. The Morgan fingerprint density at radius 1 is 1.32 bits per heavy atom. The number of nitrogens with zero attached hydrogens (tertiary/aromatic N) is 3. The van der Waals surface area contributed by atoms with Crippen LogP contribution in [0.1, 0.15) is 26.7 Å². The fraction of sp³-hybridized carbons (Fsp3) is 0.357. The molecule has 0 saturated carbocycles. The highest BCUT2D eigenvalue weighted by molar-refractivity contribution is 9.11. The lowest BCUT2D eigenvalue weighted by Gasteiger charge is -2.11. The second-order valence-corrected chi connectivity index (χ2v) is 8.64. The number of carbonyl (C=O) groups is 1. The number of hydrogen-bond acceptors (Lipinski definition) is 7. The fourth-order valence-electron chi connectivity index (χ4n) is 1.66. The molecule has 1 aromatic carbocycles. The normalized spacial score (nSPS) is 11.4. The van der Waals surface area contributed by atoms with Gasteiger partial charge in [-0.1, -0.05) is 32.5 Å². The molecule has 11 heteroatoms. The Bertz CT molecular complexity index is 796. The summed E-state index contributed by atoms with van der Waals surface area (Å²) in [6.07, 6.45) is 0. The molecular weight excluding hydrogens is 480 g/mol. The van der Waals surface area contributed by atoms with E-state index in [4.69, 9.17) is 4.42 Å². The van der Waals surface area contributed by atoms with Crippen LogP contribution in [-0.2, 0) is 10.2 Å². The molecule has 0 aliphatic carbocycles. The number of nitrogens with one attached hydrogen (secondary N) is 1. The number of halogens is 2. The standard InChI is InChI=1S/C14H14Br2N4O4S/c1-14(2,3)12-18-19-13(24-12)25-6-10(21)17-11-8(15)4-7(20(22)23)5-9(11)16/h4-5H,6H2,1-3H3,(H,17,21). The van der Waals surface area contributed by atoms with E-state index in [-0.39, 0.29) is 22.8 Å². The Labute approximate surface area is 164 Å². The monoisotopic (exact) mass is 492 g/mol. The molecule has 1 N–H and O–H groups in total. The van der Waals surface area contributed by atoms with Gasteiger partial charge in [-0.3, -0.25) is 14.9 Å². The lowest BCUT2D eigenvalue weighted by atomic mass is 9.97. The van der Waals surface area contributed by atoms with Gasteiger partial charge < -0.3 is 9.73 Å². The molecule has 0 bridgehead atoms. The van der Waals surface area contributed by atoms with Crippen LogP contribution in [0.4, 0.5) is 11.4 Å². The number of aromatic nitrogens is 2. The van der Waals surface area contributed by atoms with Gasteiger partial charge in [0, 0.05) is 26.5 Å². The molecule has 0 spiro atoms. The summed E-state index contributed by atoms with van der Waals surface area (Å²) >= 11 is 7.55. The molecule has 0 radical (unpaired) electrons. The molecule has 0 aliphatic heterocycles. The van der Waals surface area contributed by atoms with Crippen LogP contribution in [0.5, 0.6) is 0 Å². The number of non-ortho nitro benzene ring substituents is 1. The van der Waals surface area contributed by atoms with E-state index in [1.54, 1.807) is 0 Å². The minimum absolute atomic E-state index is 0.0572. The van der Waals surface area contributed by atoms with Gasteiger partial charge in [0.15, 0.2) is 0 Å². The molecule has 2 aromatic rings. The lowest BCUT2D eigenvalue weighted by molar-refractivity contribution is -0.385. The van der Waals surface area contributed by atoms with Gasteiger partial charge >= 0.3 is 0 Å². The van der Waals surface area contributed by atoms with Gasteiger partial charge in [-0.15, -0.1) is 10.2 Å². The third-order valence-corrected chi connectivity index (χ3v) is 4.95. The van der Waals surface area contributed by atoms with Crippen LogP contribution in [0.15, 0.2) is 30.7 Å². The number of rotatable bonds is 5. The number of carbonyl (C=O) groups excluding carboxylic acids is 1. The van der Waals surface area contributed by atoms with E-state index in [1.807, 2.05) is 20.8 Å². The summed E-state index contributed by atoms with van der Waals surface area (Å²) in [5.41, 5.74) is 0.0616. The Morgan fingerprint density at radius 2 is 1.92 bits per heavy atom. The molecular formula is C14H14Br2N4O4S. The summed E-state index contributed by atoms with van der Waals surface area (Å²) in [4.78, 5) is 22.4. The molecule has 1 amide bonds. The minimum Gasteiger partial charge on any atom is -0.415 e. The Hall–Kier alpha value is -1.46. The van der Waals surface area contributed by atoms with Crippen LogP contribution < -0.4 is 5.32 Å². The average molecular weight is 494 g/mol. The zero-order valence-electron chi connectivity index (χ0n) is 13.5. The Kier molecular flexibility index (Phi) is 6.22. The van der Waals surface area contributed by atoms with Crippen LogP contribution in [0.3, 0.4) is 0 Å². The number of benzene rings is 1. The number of nitro benzene ring substituents is 1. The first-order chi connectivity index (χ1) is 11.6. The smallest absolute Gasteiger partial charge is 0.277 e. The molecule has 0 saturated heterocycles. The molecule has 134 valence electrons. The SMILES string of the molecule is CC(C)(C)c1nnc(SCC(=O)Nc2c(Br)cc([N+](=O)[O-])cc2Br)o1. The zero-order chi connectivity index (χ0) is 18.8. The van der Waals surface area contributed by atoms with Crippen molar-refractivity contribution in [2.45, 2.75) is 31.4 Å². The minimum atomic E-state index is -0.515. The van der Waals surface area contributed by atoms with Crippen molar-refractivity contribution in [1.82, 2.24) is 10.2 Å². The molecule has 0 atom stereocenters. The summed E-state index contributed by atoms with van der Waals surface area (Å²) in [6, 6.07) is 2.64. The number of anilines is 1. The highest BCUT2D eigenvalue weighted by atomic mass is 79.9. The van der Waals surface area contributed by atoms with E-state index in [2.05, 4.69) is 47.4 Å². The topological polar surface area (TPSA) is 111 Å². The first kappa shape index (κ1) is 19.9. The maximum Gasteiger partial charge on any atom is 0.277 e. The van der Waals surface area contributed by atoms with Crippen molar-refractivity contribution in [3.8, 4) is 0 Å². The summed E-state index contributed by atoms with van der Waals surface area (Å²) < 4.78 is 6.31. The average Bonchev–Trinajstić information content (AvgIpc) is 2.97. The first-order valence-electron chi connectivity index (χ1n) is 6.98. The van der Waals surface area contributed by atoms with Gasteiger partial charge in [-0.05, 0) is 31.9 Å². The second kappa shape index (κ2) is 7.83. The van der Waals surface area contributed by atoms with Crippen molar-refractivity contribution >= 4 is 60.9 Å². The molecule has 1 aromatic heterocycles. The number of amides is 1. The summed E-state index contributed by atoms with van der Waals surface area (Å²) in [5, 5.41) is 21.7. The van der Waals surface area contributed by atoms with E-state index in [1.165, 1.54) is 12.1 Å². The Balaban J connectivity index is 2.01. The molecule has 0 fully saturated rings. The van der Waals surface area contributed by atoms with Crippen molar-refractivity contribution in [1.29, 1.82) is 0 Å². The zero-order valence-corrected chi connectivity index (χ0v) is 17.5. The summed E-state index contributed by atoms with van der Waals surface area (Å²) in [6.45, 7) is 5.85. The number of nitro groups is 1. The fourth-order valence-corrected chi connectivity index (χ4v) is 3.58. The Morgan fingerprint density at radius 3 is 2.40 bits per heavy atom. The predicted octanol–water partition coefficient (Wildman–Crippen LogP) is 4.53. The van der Waals surface area contributed by atoms with Crippen molar-refractivity contribution in [2.24, 2.45) is 0 Å². The molecule has 25 heavy (non-hydrogen) atoms. The molecule has 1 heterocycles.